The first-order valence-corrected chi connectivity index (χ1v) is 7.05. The van der Waals surface area contributed by atoms with Crippen LogP contribution in [0.1, 0.15) is 51.8 Å². The van der Waals surface area contributed by atoms with E-state index in [9.17, 15) is 13.6 Å². The van der Waals surface area contributed by atoms with Crippen LogP contribution < -0.4 is 10.6 Å². The molecule has 5 heteroatoms. The second kappa shape index (κ2) is 6.52. The lowest BCUT2D eigenvalue weighted by atomic mass is 10.0. The number of hydrogen-bond acceptors (Lipinski definition) is 2. The van der Waals surface area contributed by atoms with Crippen LogP contribution in [0.15, 0.2) is 12.1 Å². The Kier molecular flexibility index (Phi) is 5.45. The summed E-state index contributed by atoms with van der Waals surface area (Å²) in [5, 5.41) is 5.83. The normalized spacial score (nSPS) is 14.7. The van der Waals surface area contributed by atoms with E-state index in [-0.39, 0.29) is 22.6 Å². The van der Waals surface area contributed by atoms with Gasteiger partial charge in [0.25, 0.3) is 0 Å². The molecule has 0 spiro atoms. The van der Waals surface area contributed by atoms with Gasteiger partial charge in [-0.3, -0.25) is 10.1 Å². The van der Waals surface area contributed by atoms with Crippen molar-refractivity contribution in [3.63, 3.8) is 0 Å². The molecule has 1 amide bonds. The number of carbonyl (C=O) groups is 1. The number of halogens is 2. The Morgan fingerprint density at radius 1 is 1.14 bits per heavy atom. The van der Waals surface area contributed by atoms with Gasteiger partial charge in [0.15, 0.2) is 0 Å². The quantitative estimate of drug-likeness (QED) is 0.896. The summed E-state index contributed by atoms with van der Waals surface area (Å²) >= 11 is 0. The minimum absolute atomic E-state index is 0.178. The van der Waals surface area contributed by atoms with Crippen molar-refractivity contribution in [1.82, 2.24) is 10.6 Å². The lowest BCUT2D eigenvalue weighted by Gasteiger charge is -2.26. The summed E-state index contributed by atoms with van der Waals surface area (Å²) in [6, 6.07) is 1.36. The molecule has 0 fully saturated rings. The van der Waals surface area contributed by atoms with Gasteiger partial charge in [-0.1, -0.05) is 0 Å². The zero-order chi connectivity index (χ0) is 16.4. The van der Waals surface area contributed by atoms with Gasteiger partial charge < -0.3 is 5.32 Å². The summed E-state index contributed by atoms with van der Waals surface area (Å²) in [5.74, 6) is -1.11. The van der Waals surface area contributed by atoms with Gasteiger partial charge in [-0.2, -0.15) is 0 Å². The lowest BCUT2D eigenvalue weighted by molar-refractivity contribution is -0.124. The summed E-state index contributed by atoms with van der Waals surface area (Å²) in [6.45, 7) is 10.6. The SMILES string of the molecule is Cc1cc(F)c(C(C)NC(C)C(=O)NC(C)(C)C)cc1F. The zero-order valence-electron chi connectivity index (χ0n) is 13.5. The third-order valence-electron chi connectivity index (χ3n) is 3.14. The van der Waals surface area contributed by atoms with E-state index in [1.54, 1.807) is 13.8 Å². The summed E-state index contributed by atoms with van der Waals surface area (Å²) in [5.41, 5.74) is 0.146. The van der Waals surface area contributed by atoms with E-state index in [1.165, 1.54) is 19.1 Å². The molecule has 0 radical (unpaired) electrons. The van der Waals surface area contributed by atoms with Gasteiger partial charge in [-0.15, -0.1) is 0 Å². The van der Waals surface area contributed by atoms with Gasteiger partial charge in [-0.05, 0) is 59.2 Å². The van der Waals surface area contributed by atoms with Crippen molar-refractivity contribution in [3.8, 4) is 0 Å². The second-order valence-electron chi connectivity index (χ2n) is 6.47. The van der Waals surface area contributed by atoms with Gasteiger partial charge in [0.1, 0.15) is 11.6 Å². The summed E-state index contributed by atoms with van der Waals surface area (Å²) in [6.07, 6.45) is 0. The molecule has 2 atom stereocenters. The number of nitrogens with one attached hydrogen (secondary N) is 2. The molecule has 1 aromatic rings. The molecule has 0 bridgehead atoms. The predicted molar refractivity (Wildman–Crippen MR) is 80.0 cm³/mol. The smallest absolute Gasteiger partial charge is 0.237 e. The second-order valence-corrected chi connectivity index (χ2v) is 6.47. The maximum absolute atomic E-state index is 13.9. The van der Waals surface area contributed by atoms with E-state index in [2.05, 4.69) is 10.6 Å². The molecule has 0 aromatic heterocycles. The highest BCUT2D eigenvalue weighted by Crippen LogP contribution is 2.21. The first kappa shape index (κ1) is 17.6. The van der Waals surface area contributed by atoms with Gasteiger partial charge in [-0.25, -0.2) is 8.78 Å². The fraction of sp³-hybridized carbons (Fsp3) is 0.562. The molecule has 1 rings (SSSR count). The first-order valence-electron chi connectivity index (χ1n) is 7.05. The van der Waals surface area contributed by atoms with Crippen LogP contribution in [0, 0.1) is 18.6 Å². The molecule has 2 N–H and O–H groups in total. The molecule has 0 saturated heterocycles. The van der Waals surface area contributed by atoms with Gasteiger partial charge in [0, 0.05) is 17.1 Å². The van der Waals surface area contributed by atoms with Crippen LogP contribution >= 0.6 is 0 Å². The third kappa shape index (κ3) is 5.08. The highest BCUT2D eigenvalue weighted by atomic mass is 19.1. The molecule has 0 heterocycles. The van der Waals surface area contributed by atoms with Gasteiger partial charge >= 0.3 is 0 Å². The summed E-state index contributed by atoms with van der Waals surface area (Å²) in [7, 11) is 0. The number of carbonyl (C=O) groups excluding carboxylic acids is 1. The molecular weight excluding hydrogens is 274 g/mol. The van der Waals surface area contributed by atoms with Crippen LogP contribution in [0.5, 0.6) is 0 Å². The van der Waals surface area contributed by atoms with Gasteiger partial charge in [0.2, 0.25) is 5.91 Å². The Balaban J connectivity index is 2.79. The largest absolute Gasteiger partial charge is 0.350 e. The van der Waals surface area contributed by atoms with E-state index in [4.69, 9.17) is 0 Å². The monoisotopic (exact) mass is 298 g/mol. The third-order valence-corrected chi connectivity index (χ3v) is 3.14. The molecule has 0 aliphatic carbocycles. The fourth-order valence-electron chi connectivity index (χ4n) is 2.01. The van der Waals surface area contributed by atoms with Gasteiger partial charge in [0.05, 0.1) is 6.04 Å². The number of hydrogen-bond donors (Lipinski definition) is 2. The number of aryl methyl sites for hydroxylation is 1. The average Bonchev–Trinajstić information content (AvgIpc) is 2.31. The van der Waals surface area contributed by atoms with Crippen molar-refractivity contribution < 1.29 is 13.6 Å². The standard InChI is InChI=1S/C16H24F2N2O/c1-9-7-14(18)12(8-13(9)17)10(2)19-11(3)15(21)20-16(4,5)6/h7-8,10-11,19H,1-6H3,(H,20,21). The predicted octanol–water partition coefficient (Wildman–Crippen LogP) is 3.23. The summed E-state index contributed by atoms with van der Waals surface area (Å²) in [4.78, 5) is 12.0. The molecule has 1 aromatic carbocycles. The summed E-state index contributed by atoms with van der Waals surface area (Å²) < 4.78 is 27.5. The Labute approximate surface area is 125 Å². The lowest BCUT2D eigenvalue weighted by Crippen LogP contribution is -2.50. The maximum atomic E-state index is 13.9. The number of rotatable bonds is 4. The van der Waals surface area contributed by atoms with Crippen molar-refractivity contribution >= 4 is 5.91 Å². The zero-order valence-corrected chi connectivity index (χ0v) is 13.5. The molecule has 0 aliphatic rings. The number of benzene rings is 1. The Morgan fingerprint density at radius 2 is 1.71 bits per heavy atom. The fourth-order valence-corrected chi connectivity index (χ4v) is 2.01. The minimum Gasteiger partial charge on any atom is -0.350 e. The highest BCUT2D eigenvalue weighted by Gasteiger charge is 2.22. The Hall–Kier alpha value is -1.49. The topological polar surface area (TPSA) is 41.1 Å². The van der Waals surface area contributed by atoms with E-state index in [0.717, 1.165) is 0 Å². The van der Waals surface area contributed by atoms with E-state index < -0.39 is 23.7 Å². The van der Waals surface area contributed by atoms with Crippen LogP contribution in [0.25, 0.3) is 0 Å². The van der Waals surface area contributed by atoms with Crippen LogP contribution in [-0.4, -0.2) is 17.5 Å². The van der Waals surface area contributed by atoms with Crippen LogP contribution in [0.4, 0.5) is 8.78 Å². The van der Waals surface area contributed by atoms with Crippen LogP contribution in [0.3, 0.4) is 0 Å². The van der Waals surface area contributed by atoms with Crippen molar-refractivity contribution in [2.45, 2.75) is 59.2 Å². The number of amides is 1. The average molecular weight is 298 g/mol. The van der Waals surface area contributed by atoms with Crippen molar-refractivity contribution in [2.75, 3.05) is 0 Å². The van der Waals surface area contributed by atoms with E-state index in [0.29, 0.717) is 0 Å². The molecule has 21 heavy (non-hydrogen) atoms. The maximum Gasteiger partial charge on any atom is 0.237 e. The minimum atomic E-state index is -0.511. The molecule has 2 unspecified atom stereocenters. The van der Waals surface area contributed by atoms with E-state index in [1.807, 2.05) is 20.8 Å². The van der Waals surface area contributed by atoms with Crippen LogP contribution in [0.2, 0.25) is 0 Å². The van der Waals surface area contributed by atoms with Crippen molar-refractivity contribution in [3.05, 3.63) is 34.9 Å². The molecule has 118 valence electrons. The van der Waals surface area contributed by atoms with E-state index >= 15 is 0 Å². The first-order chi connectivity index (χ1) is 9.51. The molecule has 0 saturated carbocycles. The van der Waals surface area contributed by atoms with Crippen molar-refractivity contribution in [2.24, 2.45) is 0 Å². The van der Waals surface area contributed by atoms with Crippen LogP contribution in [-0.2, 0) is 4.79 Å². The molecule has 0 aliphatic heterocycles. The highest BCUT2D eigenvalue weighted by molar-refractivity contribution is 5.81. The molecular formula is C16H24F2N2O. The molecule has 3 nitrogen and oxygen atoms in total. The Bertz CT molecular complexity index is 524. The Morgan fingerprint density at radius 3 is 2.24 bits per heavy atom. The van der Waals surface area contributed by atoms with Crippen molar-refractivity contribution in [1.29, 1.82) is 0 Å².